The van der Waals surface area contributed by atoms with Crippen molar-refractivity contribution in [1.82, 2.24) is 0 Å². The highest BCUT2D eigenvalue weighted by Gasteiger charge is 2.25. The normalized spacial score (nSPS) is 19.1. The molecule has 0 spiro atoms. The third-order valence-electron chi connectivity index (χ3n) is 2.78. The fraction of sp³-hybridized carbons (Fsp3) is 0.462. The summed E-state index contributed by atoms with van der Waals surface area (Å²) in [6, 6.07) is 8.01. The number of hydrogen-bond acceptors (Lipinski definition) is 2. The van der Waals surface area contributed by atoms with E-state index in [0.29, 0.717) is 0 Å². The Labute approximate surface area is 101 Å². The summed E-state index contributed by atoms with van der Waals surface area (Å²) in [5.41, 5.74) is 0.962. The molecule has 0 saturated heterocycles. The number of fused-ring (bicyclic) bond motifs is 1. The molecule has 3 heteroatoms. The zero-order valence-electron chi connectivity index (χ0n) is 9.53. The zero-order chi connectivity index (χ0) is 11.4. The quantitative estimate of drug-likeness (QED) is 0.807. The first-order valence-corrected chi connectivity index (χ1v) is 6.75. The van der Waals surface area contributed by atoms with Gasteiger partial charge in [-0.3, -0.25) is 4.79 Å². The van der Waals surface area contributed by atoms with E-state index in [1.165, 1.54) is 17.7 Å². The fourth-order valence-electron chi connectivity index (χ4n) is 1.86. The number of carbonyl (C=O) groups excluding carboxylic acids is 1. The minimum atomic E-state index is 0.0986. The molecule has 1 amide bonds. The Balaban J connectivity index is 2.01. The summed E-state index contributed by atoms with van der Waals surface area (Å²) in [5, 5.41) is 3.08. The van der Waals surface area contributed by atoms with Crippen LogP contribution >= 0.6 is 11.8 Å². The summed E-state index contributed by atoms with van der Waals surface area (Å²) in [5.74, 6) is 0.166. The standard InChI is InChI=1S/C13H17NOS/c1-2-3-4-9-12-13(15)14-10-7-5-6-8-11(10)16-12/h5-8,12H,2-4,9H2,1H3,(H,14,15). The Hall–Kier alpha value is -0.960. The van der Waals surface area contributed by atoms with Crippen molar-refractivity contribution in [3.8, 4) is 0 Å². The average molecular weight is 235 g/mol. The van der Waals surface area contributed by atoms with Crippen molar-refractivity contribution in [2.75, 3.05) is 5.32 Å². The van der Waals surface area contributed by atoms with Crippen LogP contribution in [-0.2, 0) is 4.79 Å². The van der Waals surface area contributed by atoms with Gasteiger partial charge in [0, 0.05) is 4.90 Å². The molecule has 2 rings (SSSR count). The average Bonchev–Trinajstić information content (AvgIpc) is 2.30. The Morgan fingerprint density at radius 3 is 2.94 bits per heavy atom. The van der Waals surface area contributed by atoms with Crippen LogP contribution in [-0.4, -0.2) is 11.2 Å². The molecule has 16 heavy (non-hydrogen) atoms. The first-order valence-electron chi connectivity index (χ1n) is 5.88. The zero-order valence-corrected chi connectivity index (χ0v) is 10.3. The number of carbonyl (C=O) groups is 1. The molecule has 1 heterocycles. The second-order valence-electron chi connectivity index (χ2n) is 4.09. The van der Waals surface area contributed by atoms with E-state index in [-0.39, 0.29) is 11.2 Å². The Morgan fingerprint density at radius 2 is 2.12 bits per heavy atom. The van der Waals surface area contributed by atoms with E-state index in [1.54, 1.807) is 11.8 Å². The van der Waals surface area contributed by atoms with Crippen molar-refractivity contribution < 1.29 is 4.79 Å². The van der Waals surface area contributed by atoms with Crippen molar-refractivity contribution in [3.63, 3.8) is 0 Å². The topological polar surface area (TPSA) is 29.1 Å². The molecule has 0 saturated carbocycles. The van der Waals surface area contributed by atoms with Crippen molar-refractivity contribution in [2.45, 2.75) is 42.8 Å². The van der Waals surface area contributed by atoms with Gasteiger partial charge in [-0.05, 0) is 18.6 Å². The number of benzene rings is 1. The van der Waals surface area contributed by atoms with E-state index >= 15 is 0 Å². The summed E-state index contributed by atoms with van der Waals surface area (Å²) < 4.78 is 0. The van der Waals surface area contributed by atoms with Gasteiger partial charge in [-0.25, -0.2) is 0 Å². The number of anilines is 1. The summed E-state index contributed by atoms with van der Waals surface area (Å²) >= 11 is 1.70. The molecule has 2 nitrogen and oxygen atoms in total. The largest absolute Gasteiger partial charge is 0.324 e. The molecule has 86 valence electrons. The second-order valence-corrected chi connectivity index (χ2v) is 5.33. The lowest BCUT2D eigenvalue weighted by Crippen LogP contribution is -2.28. The summed E-state index contributed by atoms with van der Waals surface area (Å²) in [6.45, 7) is 2.18. The van der Waals surface area contributed by atoms with Gasteiger partial charge in [-0.2, -0.15) is 0 Å². The number of nitrogens with one attached hydrogen (secondary N) is 1. The van der Waals surface area contributed by atoms with E-state index in [2.05, 4.69) is 18.3 Å². The van der Waals surface area contributed by atoms with Crippen LogP contribution in [0.2, 0.25) is 0 Å². The molecule has 0 radical (unpaired) electrons. The smallest absolute Gasteiger partial charge is 0.237 e. The summed E-state index contributed by atoms with van der Waals surface area (Å²) in [4.78, 5) is 13.0. The number of para-hydroxylation sites is 1. The van der Waals surface area contributed by atoms with Crippen molar-refractivity contribution in [1.29, 1.82) is 0 Å². The van der Waals surface area contributed by atoms with Crippen LogP contribution < -0.4 is 5.32 Å². The SMILES string of the molecule is CCCCCC1Sc2ccccc2NC1=O. The van der Waals surface area contributed by atoms with Crippen molar-refractivity contribution in [2.24, 2.45) is 0 Å². The lowest BCUT2D eigenvalue weighted by atomic mass is 10.1. The predicted octanol–water partition coefficient (Wildman–Crippen LogP) is 3.68. The minimum absolute atomic E-state index is 0.0986. The van der Waals surface area contributed by atoms with Gasteiger partial charge in [0.2, 0.25) is 5.91 Å². The minimum Gasteiger partial charge on any atom is -0.324 e. The molecule has 0 bridgehead atoms. The van der Waals surface area contributed by atoms with Gasteiger partial charge in [0.25, 0.3) is 0 Å². The number of amides is 1. The van der Waals surface area contributed by atoms with Crippen molar-refractivity contribution >= 4 is 23.4 Å². The Bertz CT molecular complexity index is 378. The van der Waals surface area contributed by atoms with Crippen LogP contribution in [0.15, 0.2) is 29.2 Å². The van der Waals surface area contributed by atoms with Gasteiger partial charge < -0.3 is 5.32 Å². The first-order chi connectivity index (χ1) is 7.81. The monoisotopic (exact) mass is 235 g/mol. The lowest BCUT2D eigenvalue weighted by molar-refractivity contribution is -0.115. The first kappa shape index (κ1) is 11.5. The molecule has 1 aromatic rings. The van der Waals surface area contributed by atoms with E-state index < -0.39 is 0 Å². The van der Waals surface area contributed by atoms with Gasteiger partial charge in [0.1, 0.15) is 0 Å². The van der Waals surface area contributed by atoms with Crippen LogP contribution in [0.25, 0.3) is 0 Å². The number of unbranched alkanes of at least 4 members (excludes halogenated alkanes) is 2. The third kappa shape index (κ3) is 2.59. The van der Waals surface area contributed by atoms with Gasteiger partial charge in [-0.1, -0.05) is 38.3 Å². The molecule has 0 aliphatic carbocycles. The van der Waals surface area contributed by atoms with Crippen LogP contribution in [0, 0.1) is 0 Å². The van der Waals surface area contributed by atoms with Crippen molar-refractivity contribution in [3.05, 3.63) is 24.3 Å². The van der Waals surface area contributed by atoms with Crippen LogP contribution in [0.4, 0.5) is 5.69 Å². The van der Waals surface area contributed by atoms with E-state index in [1.807, 2.05) is 18.2 Å². The predicted molar refractivity (Wildman–Crippen MR) is 68.9 cm³/mol. The highest BCUT2D eigenvalue weighted by atomic mass is 32.2. The maximum atomic E-state index is 11.8. The molecule has 1 atom stereocenters. The maximum Gasteiger partial charge on any atom is 0.237 e. The van der Waals surface area contributed by atoms with Crippen LogP contribution in [0.1, 0.15) is 32.6 Å². The van der Waals surface area contributed by atoms with Crippen LogP contribution in [0.3, 0.4) is 0 Å². The Morgan fingerprint density at radius 1 is 1.31 bits per heavy atom. The second kappa shape index (κ2) is 5.39. The van der Waals surface area contributed by atoms with Gasteiger partial charge in [-0.15, -0.1) is 11.8 Å². The van der Waals surface area contributed by atoms with E-state index in [9.17, 15) is 4.79 Å². The molecular formula is C13H17NOS. The molecule has 1 N–H and O–H groups in total. The van der Waals surface area contributed by atoms with Gasteiger partial charge in [0.15, 0.2) is 0 Å². The van der Waals surface area contributed by atoms with Gasteiger partial charge in [0.05, 0.1) is 10.9 Å². The number of hydrogen-bond donors (Lipinski definition) is 1. The fourth-order valence-corrected chi connectivity index (χ4v) is 3.02. The third-order valence-corrected chi connectivity index (χ3v) is 4.12. The molecule has 0 fully saturated rings. The number of rotatable bonds is 4. The molecule has 1 aromatic carbocycles. The molecule has 1 unspecified atom stereocenters. The highest BCUT2D eigenvalue weighted by molar-refractivity contribution is 8.01. The highest BCUT2D eigenvalue weighted by Crippen LogP contribution is 2.37. The molecular weight excluding hydrogens is 218 g/mol. The van der Waals surface area contributed by atoms with Gasteiger partial charge >= 0.3 is 0 Å². The Kier molecular flexibility index (Phi) is 3.88. The van der Waals surface area contributed by atoms with E-state index in [0.717, 1.165) is 18.5 Å². The van der Waals surface area contributed by atoms with E-state index in [4.69, 9.17) is 0 Å². The van der Waals surface area contributed by atoms with Crippen LogP contribution in [0.5, 0.6) is 0 Å². The maximum absolute atomic E-state index is 11.8. The summed E-state index contributed by atoms with van der Waals surface area (Å²) in [7, 11) is 0. The molecule has 0 aromatic heterocycles. The number of thioether (sulfide) groups is 1. The summed E-state index contributed by atoms with van der Waals surface area (Å²) in [6.07, 6.45) is 4.55. The lowest BCUT2D eigenvalue weighted by Gasteiger charge is -2.23. The molecule has 1 aliphatic rings. The molecule has 1 aliphatic heterocycles.